The van der Waals surface area contributed by atoms with E-state index in [9.17, 15) is 18.0 Å². The van der Waals surface area contributed by atoms with Gasteiger partial charge in [-0.05, 0) is 43.9 Å². The number of fused-ring (bicyclic) bond motifs is 5. The molecule has 1 fully saturated rings. The predicted molar refractivity (Wildman–Crippen MR) is 118 cm³/mol. The third kappa shape index (κ3) is 3.03. The number of carbonyl (C=O) groups is 1. The normalized spacial score (nSPS) is 19.4. The van der Waals surface area contributed by atoms with Gasteiger partial charge in [-0.2, -0.15) is 5.10 Å². The molecule has 2 aromatic heterocycles. The lowest BCUT2D eigenvalue weighted by Crippen LogP contribution is -2.50. The third-order valence-corrected chi connectivity index (χ3v) is 6.91. The molecule has 6 nitrogen and oxygen atoms in total. The van der Waals surface area contributed by atoms with Crippen LogP contribution in [0.15, 0.2) is 42.7 Å². The number of piperidine rings is 1. The van der Waals surface area contributed by atoms with E-state index in [1.54, 1.807) is 11.7 Å². The van der Waals surface area contributed by atoms with Crippen molar-refractivity contribution in [1.29, 1.82) is 0 Å². The quantitative estimate of drug-likeness (QED) is 0.403. The van der Waals surface area contributed by atoms with Gasteiger partial charge >= 0.3 is 0 Å². The van der Waals surface area contributed by atoms with Gasteiger partial charge in [-0.3, -0.25) is 9.48 Å². The van der Waals surface area contributed by atoms with Crippen LogP contribution in [0.2, 0.25) is 0 Å². The number of rotatable bonds is 2. The first-order valence-corrected chi connectivity index (χ1v) is 11.2. The van der Waals surface area contributed by atoms with Gasteiger partial charge in [0.1, 0.15) is 12.0 Å². The highest BCUT2D eigenvalue weighted by Crippen LogP contribution is 2.45. The average Bonchev–Trinajstić information content (AvgIpc) is 3.16. The maximum absolute atomic E-state index is 14.0. The molecule has 0 radical (unpaired) electrons. The second-order valence-electron chi connectivity index (χ2n) is 8.85. The van der Waals surface area contributed by atoms with Crippen molar-refractivity contribution in [3.63, 3.8) is 0 Å². The van der Waals surface area contributed by atoms with E-state index in [1.807, 2.05) is 29.2 Å². The summed E-state index contributed by atoms with van der Waals surface area (Å²) in [6.07, 6.45) is 4.35. The molecule has 9 heteroatoms. The van der Waals surface area contributed by atoms with Crippen LogP contribution in [0, 0.1) is 17.5 Å². The van der Waals surface area contributed by atoms with Crippen molar-refractivity contribution in [3.8, 4) is 11.3 Å². The maximum atomic E-state index is 14.0. The lowest BCUT2D eigenvalue weighted by Gasteiger charge is -2.45. The molecule has 0 spiro atoms. The number of benzene rings is 2. The van der Waals surface area contributed by atoms with E-state index < -0.39 is 17.5 Å². The molecule has 2 aromatic carbocycles. The lowest BCUT2D eigenvalue weighted by molar-refractivity contribution is 0.0388. The molecule has 1 amide bonds. The molecule has 2 aliphatic rings. The largest absolute Gasteiger partial charge is 0.325 e. The number of nitrogens with zero attached hydrogens (tertiary/aromatic N) is 5. The van der Waals surface area contributed by atoms with Gasteiger partial charge in [-0.15, -0.1) is 0 Å². The van der Waals surface area contributed by atoms with Gasteiger partial charge in [0, 0.05) is 29.6 Å². The van der Waals surface area contributed by atoms with Gasteiger partial charge < -0.3 is 4.90 Å². The van der Waals surface area contributed by atoms with Crippen molar-refractivity contribution in [2.75, 3.05) is 0 Å². The molecule has 2 bridgehead atoms. The molecule has 6 rings (SSSR count). The van der Waals surface area contributed by atoms with Crippen LogP contribution in [0.4, 0.5) is 13.2 Å². The highest BCUT2D eigenvalue weighted by molar-refractivity contribution is 6.04. The van der Waals surface area contributed by atoms with Crippen LogP contribution >= 0.6 is 0 Å². The van der Waals surface area contributed by atoms with E-state index in [0.717, 1.165) is 37.0 Å². The summed E-state index contributed by atoms with van der Waals surface area (Å²) in [7, 11) is 1.70. The van der Waals surface area contributed by atoms with E-state index >= 15 is 0 Å². The molecular weight excluding hydrogens is 443 g/mol. The van der Waals surface area contributed by atoms with Crippen molar-refractivity contribution < 1.29 is 18.0 Å². The van der Waals surface area contributed by atoms with Crippen LogP contribution in [0.1, 0.15) is 47.1 Å². The fourth-order valence-corrected chi connectivity index (χ4v) is 5.50. The zero-order valence-corrected chi connectivity index (χ0v) is 18.3. The molecule has 0 aliphatic carbocycles. The van der Waals surface area contributed by atoms with Crippen molar-refractivity contribution in [1.82, 2.24) is 24.6 Å². The Labute approximate surface area is 193 Å². The molecule has 1 saturated heterocycles. The van der Waals surface area contributed by atoms with Crippen LogP contribution in [0.5, 0.6) is 0 Å². The maximum Gasteiger partial charge on any atom is 0.274 e. The summed E-state index contributed by atoms with van der Waals surface area (Å²) in [6.45, 7) is 0. The standard InChI is InChI=1S/C25H20F3N5O/c1-32-24(13-9-17(26)21(28)18(27)10-13)16-11-14-5-4-8-20(22(16)31-32)33(14)25(34)23-15-6-2-3-7-19(15)29-12-30-23/h2-3,6-7,9-10,12,14,20H,4-5,8,11H2,1H3/t14-,20+/m1/s1. The fraction of sp³-hybridized carbons (Fsp3) is 0.280. The zero-order valence-electron chi connectivity index (χ0n) is 18.3. The van der Waals surface area contributed by atoms with Crippen molar-refractivity contribution in [2.24, 2.45) is 7.05 Å². The Bertz CT molecular complexity index is 1440. The molecule has 2 aliphatic heterocycles. The first-order chi connectivity index (χ1) is 16.4. The monoisotopic (exact) mass is 463 g/mol. The highest BCUT2D eigenvalue weighted by atomic mass is 19.2. The number of amides is 1. The smallest absolute Gasteiger partial charge is 0.274 e. The van der Waals surface area contributed by atoms with Crippen molar-refractivity contribution in [2.45, 2.75) is 37.8 Å². The second kappa shape index (κ2) is 7.65. The van der Waals surface area contributed by atoms with Gasteiger partial charge in [0.25, 0.3) is 5.91 Å². The summed E-state index contributed by atoms with van der Waals surface area (Å²) >= 11 is 0. The van der Waals surface area contributed by atoms with E-state index in [-0.39, 0.29) is 23.6 Å². The van der Waals surface area contributed by atoms with Crippen LogP contribution in [-0.2, 0) is 13.5 Å². The van der Waals surface area contributed by atoms with Crippen molar-refractivity contribution >= 4 is 16.8 Å². The molecule has 4 aromatic rings. The Hall–Kier alpha value is -3.75. The minimum absolute atomic E-state index is 0.106. The molecule has 0 unspecified atom stereocenters. The Kier molecular flexibility index (Phi) is 4.68. The Morgan fingerprint density at radius 2 is 1.82 bits per heavy atom. The van der Waals surface area contributed by atoms with Gasteiger partial charge in [0.15, 0.2) is 17.5 Å². The fourth-order valence-electron chi connectivity index (χ4n) is 5.50. The topological polar surface area (TPSA) is 63.9 Å². The zero-order chi connectivity index (χ0) is 23.6. The molecule has 0 saturated carbocycles. The molecular formula is C25H20F3N5O. The lowest BCUT2D eigenvalue weighted by atomic mass is 9.81. The van der Waals surface area contributed by atoms with E-state index in [2.05, 4.69) is 15.1 Å². The number of carbonyl (C=O) groups excluding carboxylic acids is 1. The molecule has 172 valence electrons. The number of hydrogen-bond donors (Lipinski definition) is 0. The van der Waals surface area contributed by atoms with Gasteiger partial charge in [-0.25, -0.2) is 23.1 Å². The minimum atomic E-state index is -1.49. The summed E-state index contributed by atoms with van der Waals surface area (Å²) in [4.78, 5) is 24.2. The summed E-state index contributed by atoms with van der Waals surface area (Å²) in [5.74, 6) is -4.16. The van der Waals surface area contributed by atoms with Gasteiger partial charge in [-0.1, -0.05) is 18.2 Å². The van der Waals surface area contributed by atoms with Crippen molar-refractivity contribution in [3.05, 3.63) is 77.1 Å². The number of aryl methyl sites for hydroxylation is 1. The number of halogens is 3. The highest BCUT2D eigenvalue weighted by Gasteiger charge is 2.44. The Morgan fingerprint density at radius 3 is 2.62 bits per heavy atom. The summed E-state index contributed by atoms with van der Waals surface area (Å²) in [5, 5.41) is 5.36. The van der Waals surface area contributed by atoms with E-state index in [0.29, 0.717) is 34.4 Å². The Balaban J connectivity index is 1.46. The number of para-hydroxylation sites is 1. The number of aromatic nitrogens is 4. The van der Waals surface area contributed by atoms with E-state index in [1.165, 1.54) is 6.33 Å². The first kappa shape index (κ1) is 20.8. The second-order valence-corrected chi connectivity index (χ2v) is 8.85. The van der Waals surface area contributed by atoms with Crippen LogP contribution in [-0.4, -0.2) is 36.6 Å². The Morgan fingerprint density at radius 1 is 1.06 bits per heavy atom. The predicted octanol–water partition coefficient (Wildman–Crippen LogP) is 4.74. The van der Waals surface area contributed by atoms with Gasteiger partial charge in [0.05, 0.1) is 22.9 Å². The number of hydrogen-bond acceptors (Lipinski definition) is 4. The van der Waals surface area contributed by atoms with Crippen LogP contribution < -0.4 is 0 Å². The summed E-state index contributed by atoms with van der Waals surface area (Å²) in [6, 6.07) is 9.00. The van der Waals surface area contributed by atoms with Crippen LogP contribution in [0.25, 0.3) is 22.2 Å². The summed E-state index contributed by atoms with van der Waals surface area (Å²) in [5.41, 5.74) is 3.38. The van der Waals surface area contributed by atoms with E-state index in [4.69, 9.17) is 0 Å². The molecule has 34 heavy (non-hydrogen) atoms. The van der Waals surface area contributed by atoms with Gasteiger partial charge in [0.2, 0.25) is 0 Å². The first-order valence-electron chi connectivity index (χ1n) is 11.2. The molecule has 4 heterocycles. The average molecular weight is 463 g/mol. The van der Waals surface area contributed by atoms with Crippen LogP contribution in [0.3, 0.4) is 0 Å². The third-order valence-electron chi connectivity index (χ3n) is 6.91. The SMILES string of the molecule is Cn1nc2c(c1-c1cc(F)c(F)c(F)c1)C[C@H]1CCC[C@@H]2N1C(=O)c1ncnc2ccccc12. The minimum Gasteiger partial charge on any atom is -0.325 e. The summed E-state index contributed by atoms with van der Waals surface area (Å²) < 4.78 is 43.1. The molecule has 0 N–H and O–H groups in total. The molecule has 2 atom stereocenters.